The summed E-state index contributed by atoms with van der Waals surface area (Å²) in [5.74, 6) is 0.144. The molecule has 2 aliphatic rings. The van der Waals surface area contributed by atoms with Crippen LogP contribution in [0.25, 0.3) is 0 Å². The van der Waals surface area contributed by atoms with Crippen LogP contribution in [-0.4, -0.2) is 61.3 Å². The third-order valence-corrected chi connectivity index (χ3v) is 4.28. The van der Waals surface area contributed by atoms with Crippen LogP contribution in [0.2, 0.25) is 0 Å². The second-order valence-corrected chi connectivity index (χ2v) is 5.93. The van der Waals surface area contributed by atoms with Crippen LogP contribution in [0.5, 0.6) is 0 Å². The third kappa shape index (κ3) is 3.10. The van der Waals surface area contributed by atoms with Crippen LogP contribution >= 0.6 is 0 Å². The van der Waals surface area contributed by atoms with Crippen LogP contribution in [0.3, 0.4) is 0 Å². The Morgan fingerprint density at radius 1 is 1.33 bits per heavy atom. The summed E-state index contributed by atoms with van der Waals surface area (Å²) >= 11 is 0. The number of morpholine rings is 1. The van der Waals surface area contributed by atoms with Gasteiger partial charge in [0.1, 0.15) is 6.04 Å². The first-order chi connectivity index (χ1) is 10.1. The Bertz CT molecular complexity index is 494. The van der Waals surface area contributed by atoms with E-state index in [9.17, 15) is 4.79 Å². The van der Waals surface area contributed by atoms with Crippen molar-refractivity contribution in [3.63, 3.8) is 0 Å². The lowest BCUT2D eigenvalue weighted by Crippen LogP contribution is -2.48. The highest BCUT2D eigenvalue weighted by Crippen LogP contribution is 2.24. The molecule has 1 amide bonds. The normalized spacial score (nSPS) is 30.9. The van der Waals surface area contributed by atoms with Gasteiger partial charge in [-0.1, -0.05) is 30.3 Å². The molecular formula is C16H23N3O2. The average molecular weight is 289 g/mol. The van der Waals surface area contributed by atoms with Crippen LogP contribution in [0, 0.1) is 0 Å². The van der Waals surface area contributed by atoms with E-state index < -0.39 is 0 Å². The van der Waals surface area contributed by atoms with Gasteiger partial charge in [-0.25, -0.2) is 0 Å². The number of likely N-dealkylation sites (N-methyl/N-ethyl adjacent to an activating group) is 1. The highest BCUT2D eigenvalue weighted by Gasteiger charge is 2.38. The van der Waals surface area contributed by atoms with E-state index in [1.54, 1.807) is 0 Å². The molecule has 0 spiro atoms. The van der Waals surface area contributed by atoms with E-state index in [2.05, 4.69) is 17.3 Å². The van der Waals surface area contributed by atoms with Gasteiger partial charge in [-0.2, -0.15) is 0 Å². The fraction of sp³-hybridized carbons (Fsp3) is 0.562. The molecule has 0 aromatic heterocycles. The van der Waals surface area contributed by atoms with Gasteiger partial charge < -0.3 is 14.5 Å². The topological polar surface area (TPSA) is 44.8 Å². The Balaban J connectivity index is 1.68. The summed E-state index contributed by atoms with van der Waals surface area (Å²) in [6.45, 7) is 5.28. The SMILES string of the molecule is CC1NC(c2ccccc2)C(=O)N1CC1CN(C)CCO1. The Morgan fingerprint density at radius 2 is 2.10 bits per heavy atom. The molecule has 3 atom stereocenters. The number of ether oxygens (including phenoxy) is 1. The number of carbonyl (C=O) groups excluding carboxylic acids is 1. The molecular weight excluding hydrogens is 266 g/mol. The van der Waals surface area contributed by atoms with E-state index in [-0.39, 0.29) is 24.2 Å². The molecule has 2 heterocycles. The van der Waals surface area contributed by atoms with E-state index >= 15 is 0 Å². The molecule has 2 fully saturated rings. The number of hydrogen-bond donors (Lipinski definition) is 1. The molecule has 114 valence electrons. The monoisotopic (exact) mass is 289 g/mol. The molecule has 2 aliphatic heterocycles. The van der Waals surface area contributed by atoms with Crippen molar-refractivity contribution in [3.8, 4) is 0 Å². The van der Waals surface area contributed by atoms with Crippen molar-refractivity contribution < 1.29 is 9.53 Å². The van der Waals surface area contributed by atoms with Gasteiger partial charge in [-0.05, 0) is 19.5 Å². The van der Waals surface area contributed by atoms with Crippen molar-refractivity contribution in [3.05, 3.63) is 35.9 Å². The van der Waals surface area contributed by atoms with Crippen LogP contribution in [0.4, 0.5) is 0 Å². The van der Waals surface area contributed by atoms with Gasteiger partial charge in [-0.3, -0.25) is 10.1 Å². The summed E-state index contributed by atoms with van der Waals surface area (Å²) in [4.78, 5) is 16.8. The van der Waals surface area contributed by atoms with Gasteiger partial charge in [0.2, 0.25) is 5.91 Å². The van der Waals surface area contributed by atoms with E-state index in [0.29, 0.717) is 6.54 Å². The highest BCUT2D eigenvalue weighted by molar-refractivity contribution is 5.85. The Kier molecular flexibility index (Phi) is 4.24. The number of hydrogen-bond acceptors (Lipinski definition) is 4. The fourth-order valence-electron chi connectivity index (χ4n) is 3.09. The van der Waals surface area contributed by atoms with E-state index in [1.165, 1.54) is 0 Å². The maximum atomic E-state index is 12.7. The highest BCUT2D eigenvalue weighted by atomic mass is 16.5. The molecule has 5 nitrogen and oxygen atoms in total. The molecule has 1 aromatic carbocycles. The Labute approximate surface area is 125 Å². The number of amides is 1. The van der Waals surface area contributed by atoms with Crippen LogP contribution < -0.4 is 5.32 Å². The van der Waals surface area contributed by atoms with Crippen molar-refractivity contribution in [2.45, 2.75) is 25.2 Å². The lowest BCUT2D eigenvalue weighted by Gasteiger charge is -2.33. The molecule has 2 saturated heterocycles. The van der Waals surface area contributed by atoms with Crippen molar-refractivity contribution in [1.29, 1.82) is 0 Å². The number of rotatable bonds is 3. The van der Waals surface area contributed by atoms with Crippen molar-refractivity contribution in [2.24, 2.45) is 0 Å². The van der Waals surface area contributed by atoms with E-state index in [1.807, 2.05) is 42.2 Å². The third-order valence-electron chi connectivity index (χ3n) is 4.28. The molecule has 1 aromatic rings. The predicted molar refractivity (Wildman–Crippen MR) is 80.7 cm³/mol. The largest absolute Gasteiger partial charge is 0.374 e. The minimum absolute atomic E-state index is 0.0403. The zero-order valence-corrected chi connectivity index (χ0v) is 12.7. The van der Waals surface area contributed by atoms with Crippen molar-refractivity contribution in [1.82, 2.24) is 15.1 Å². The molecule has 3 rings (SSSR count). The first-order valence-electron chi connectivity index (χ1n) is 7.57. The predicted octanol–water partition coefficient (Wildman–Crippen LogP) is 0.836. The van der Waals surface area contributed by atoms with E-state index in [4.69, 9.17) is 4.74 Å². The number of carbonyl (C=O) groups is 1. The summed E-state index contributed by atoms with van der Waals surface area (Å²) in [6.07, 6.45) is 0.144. The second kappa shape index (κ2) is 6.13. The quantitative estimate of drug-likeness (QED) is 0.895. The Hall–Kier alpha value is -1.43. The van der Waals surface area contributed by atoms with Gasteiger partial charge >= 0.3 is 0 Å². The van der Waals surface area contributed by atoms with Crippen molar-refractivity contribution >= 4 is 5.91 Å². The summed E-state index contributed by atoms with van der Waals surface area (Å²) in [6, 6.07) is 9.67. The standard InChI is InChI=1S/C16H23N3O2/c1-12-17-15(13-6-4-3-5-7-13)16(20)19(12)11-14-10-18(2)8-9-21-14/h3-7,12,14-15,17H,8-11H2,1-2H3. The van der Waals surface area contributed by atoms with Crippen LogP contribution in [-0.2, 0) is 9.53 Å². The smallest absolute Gasteiger partial charge is 0.245 e. The van der Waals surface area contributed by atoms with Crippen LogP contribution in [0.1, 0.15) is 18.5 Å². The summed E-state index contributed by atoms with van der Waals surface area (Å²) in [5.41, 5.74) is 1.03. The Morgan fingerprint density at radius 3 is 2.81 bits per heavy atom. The lowest BCUT2D eigenvalue weighted by molar-refractivity contribution is -0.133. The maximum Gasteiger partial charge on any atom is 0.245 e. The second-order valence-electron chi connectivity index (χ2n) is 5.93. The summed E-state index contributed by atoms with van der Waals surface area (Å²) in [7, 11) is 2.09. The van der Waals surface area contributed by atoms with Gasteiger partial charge in [0.15, 0.2) is 0 Å². The molecule has 0 bridgehead atoms. The maximum absolute atomic E-state index is 12.7. The average Bonchev–Trinajstić information content (AvgIpc) is 2.76. The molecule has 1 N–H and O–H groups in total. The molecule has 5 heteroatoms. The van der Waals surface area contributed by atoms with Crippen molar-refractivity contribution in [2.75, 3.05) is 33.3 Å². The van der Waals surface area contributed by atoms with Gasteiger partial charge in [0, 0.05) is 19.6 Å². The minimum Gasteiger partial charge on any atom is -0.374 e. The number of nitrogens with zero attached hydrogens (tertiary/aromatic N) is 2. The molecule has 0 radical (unpaired) electrons. The van der Waals surface area contributed by atoms with E-state index in [0.717, 1.165) is 25.3 Å². The van der Waals surface area contributed by atoms with Gasteiger partial charge in [-0.15, -0.1) is 0 Å². The molecule has 21 heavy (non-hydrogen) atoms. The molecule has 3 unspecified atom stereocenters. The van der Waals surface area contributed by atoms with Crippen LogP contribution in [0.15, 0.2) is 30.3 Å². The summed E-state index contributed by atoms with van der Waals surface area (Å²) in [5, 5.41) is 3.38. The first kappa shape index (κ1) is 14.5. The van der Waals surface area contributed by atoms with Gasteiger partial charge in [0.05, 0.1) is 18.9 Å². The minimum atomic E-state index is -0.234. The lowest BCUT2D eigenvalue weighted by atomic mass is 10.1. The number of nitrogens with one attached hydrogen (secondary N) is 1. The fourth-order valence-corrected chi connectivity index (χ4v) is 3.09. The molecule has 0 saturated carbocycles. The zero-order valence-electron chi connectivity index (χ0n) is 12.7. The van der Waals surface area contributed by atoms with Gasteiger partial charge in [0.25, 0.3) is 0 Å². The zero-order chi connectivity index (χ0) is 14.8. The molecule has 0 aliphatic carbocycles. The summed E-state index contributed by atoms with van der Waals surface area (Å²) < 4.78 is 5.78. The first-order valence-corrected chi connectivity index (χ1v) is 7.57. The number of benzene rings is 1.